The molecule has 0 saturated heterocycles. The van der Waals surface area contributed by atoms with Gasteiger partial charge in [-0.3, -0.25) is 4.98 Å². The number of thiol groups is 1. The van der Waals surface area contributed by atoms with Gasteiger partial charge in [-0.25, -0.2) is 0 Å². The lowest BCUT2D eigenvalue weighted by atomic mass is 10.2. The van der Waals surface area contributed by atoms with E-state index < -0.39 is 5.25 Å². The zero-order valence-corrected chi connectivity index (χ0v) is 16.0. The Labute approximate surface area is 165 Å². The highest BCUT2D eigenvalue weighted by atomic mass is 35.5. The van der Waals surface area contributed by atoms with Crippen molar-refractivity contribution in [2.75, 3.05) is 0 Å². The van der Waals surface area contributed by atoms with E-state index in [-0.39, 0.29) is 0 Å². The lowest BCUT2D eigenvalue weighted by Crippen LogP contribution is -2.08. The van der Waals surface area contributed by atoms with Crippen LogP contribution in [0.25, 0.3) is 22.8 Å². The lowest BCUT2D eigenvalue weighted by molar-refractivity contribution is 0.422. The summed E-state index contributed by atoms with van der Waals surface area (Å²) in [6.45, 7) is 2.70. The highest BCUT2D eigenvalue weighted by Gasteiger charge is 2.24. The molecular formula is C18H15ClN6OS. The van der Waals surface area contributed by atoms with Crippen molar-refractivity contribution in [2.24, 2.45) is 0 Å². The van der Waals surface area contributed by atoms with Gasteiger partial charge in [0.05, 0.1) is 0 Å². The summed E-state index contributed by atoms with van der Waals surface area (Å²) >= 11 is 10.7. The summed E-state index contributed by atoms with van der Waals surface area (Å²) in [7, 11) is 0. The van der Waals surface area contributed by atoms with Crippen molar-refractivity contribution in [1.29, 1.82) is 0 Å². The Hall–Kier alpha value is -2.71. The average molecular weight is 399 g/mol. The number of rotatable bonds is 5. The molecule has 0 bridgehead atoms. The second kappa shape index (κ2) is 7.50. The SMILES string of the molecule is CCn1c(-c2ccncc2)nnc1C(S)c1noc(-c2cccc(Cl)c2)n1. The van der Waals surface area contributed by atoms with Gasteiger partial charge in [0, 0.05) is 35.1 Å². The predicted octanol–water partition coefficient (Wildman–Crippen LogP) is 4.08. The number of hydrogen-bond donors (Lipinski definition) is 1. The highest BCUT2D eigenvalue weighted by Crippen LogP contribution is 2.30. The van der Waals surface area contributed by atoms with Crippen molar-refractivity contribution in [2.45, 2.75) is 18.7 Å². The minimum Gasteiger partial charge on any atom is -0.334 e. The summed E-state index contributed by atoms with van der Waals surface area (Å²) in [5.41, 5.74) is 1.68. The molecule has 0 spiro atoms. The van der Waals surface area contributed by atoms with Crippen molar-refractivity contribution in [3.63, 3.8) is 0 Å². The topological polar surface area (TPSA) is 82.5 Å². The maximum atomic E-state index is 6.03. The molecule has 4 aromatic rings. The Kier molecular flexibility index (Phi) is 4.91. The quantitative estimate of drug-likeness (QED) is 0.510. The fraction of sp³-hybridized carbons (Fsp3) is 0.167. The molecule has 0 aliphatic carbocycles. The lowest BCUT2D eigenvalue weighted by Gasteiger charge is -2.10. The smallest absolute Gasteiger partial charge is 0.258 e. The van der Waals surface area contributed by atoms with Gasteiger partial charge in [-0.2, -0.15) is 17.6 Å². The maximum absolute atomic E-state index is 6.03. The molecule has 7 nitrogen and oxygen atoms in total. The second-order valence-electron chi connectivity index (χ2n) is 5.73. The van der Waals surface area contributed by atoms with Gasteiger partial charge in [-0.05, 0) is 37.3 Å². The zero-order chi connectivity index (χ0) is 18.8. The molecule has 0 N–H and O–H groups in total. The third-order valence-corrected chi connectivity index (χ3v) is 4.73. The number of nitrogens with zero attached hydrogens (tertiary/aromatic N) is 6. The summed E-state index contributed by atoms with van der Waals surface area (Å²) in [5.74, 6) is 2.18. The fourth-order valence-electron chi connectivity index (χ4n) is 2.74. The number of hydrogen-bond acceptors (Lipinski definition) is 7. The Balaban J connectivity index is 1.68. The number of benzene rings is 1. The molecule has 0 aliphatic heterocycles. The monoisotopic (exact) mass is 398 g/mol. The summed E-state index contributed by atoms with van der Waals surface area (Å²) < 4.78 is 7.35. The number of pyridine rings is 1. The van der Waals surface area contributed by atoms with Crippen molar-refractivity contribution < 1.29 is 4.52 Å². The summed E-state index contributed by atoms with van der Waals surface area (Å²) in [6.07, 6.45) is 3.44. The zero-order valence-electron chi connectivity index (χ0n) is 14.3. The van der Waals surface area contributed by atoms with E-state index in [4.69, 9.17) is 16.1 Å². The minimum atomic E-state index is -0.482. The van der Waals surface area contributed by atoms with Crippen LogP contribution < -0.4 is 0 Å². The maximum Gasteiger partial charge on any atom is 0.258 e. The molecule has 0 aliphatic rings. The molecular weight excluding hydrogens is 384 g/mol. The Morgan fingerprint density at radius 1 is 1.15 bits per heavy atom. The Morgan fingerprint density at radius 2 is 1.96 bits per heavy atom. The van der Waals surface area contributed by atoms with Gasteiger partial charge in [0.15, 0.2) is 17.5 Å². The van der Waals surface area contributed by atoms with Gasteiger partial charge < -0.3 is 9.09 Å². The fourth-order valence-corrected chi connectivity index (χ4v) is 3.23. The molecule has 0 amide bonds. The van der Waals surface area contributed by atoms with Crippen LogP contribution in [0.5, 0.6) is 0 Å². The third kappa shape index (κ3) is 3.45. The first-order valence-corrected chi connectivity index (χ1v) is 9.18. The van der Waals surface area contributed by atoms with Gasteiger partial charge in [-0.15, -0.1) is 10.2 Å². The van der Waals surface area contributed by atoms with E-state index in [1.165, 1.54) is 0 Å². The van der Waals surface area contributed by atoms with Crippen LogP contribution in [0.1, 0.15) is 23.8 Å². The van der Waals surface area contributed by atoms with E-state index in [0.29, 0.717) is 29.1 Å². The van der Waals surface area contributed by atoms with Crippen molar-refractivity contribution >= 4 is 24.2 Å². The van der Waals surface area contributed by atoms with Crippen LogP contribution in [0.3, 0.4) is 0 Å². The third-order valence-electron chi connectivity index (χ3n) is 4.04. The molecule has 0 radical (unpaired) electrons. The first-order chi connectivity index (χ1) is 13.2. The van der Waals surface area contributed by atoms with E-state index in [1.807, 2.05) is 35.8 Å². The first-order valence-electron chi connectivity index (χ1n) is 8.28. The van der Waals surface area contributed by atoms with Gasteiger partial charge in [0.2, 0.25) is 0 Å². The summed E-state index contributed by atoms with van der Waals surface area (Å²) in [6, 6.07) is 11.0. The Bertz CT molecular complexity index is 1060. The van der Waals surface area contributed by atoms with E-state index in [2.05, 4.69) is 38.0 Å². The average Bonchev–Trinajstić information content (AvgIpc) is 3.35. The number of halogens is 1. The molecule has 9 heteroatoms. The second-order valence-corrected chi connectivity index (χ2v) is 6.69. The van der Waals surface area contributed by atoms with Crippen LogP contribution in [-0.2, 0) is 6.54 Å². The van der Waals surface area contributed by atoms with Gasteiger partial charge in [0.25, 0.3) is 5.89 Å². The van der Waals surface area contributed by atoms with Gasteiger partial charge >= 0.3 is 0 Å². The number of aromatic nitrogens is 6. The highest BCUT2D eigenvalue weighted by molar-refractivity contribution is 7.80. The molecule has 27 heavy (non-hydrogen) atoms. The molecule has 1 atom stereocenters. The van der Waals surface area contributed by atoms with Gasteiger partial charge in [-0.1, -0.05) is 22.8 Å². The van der Waals surface area contributed by atoms with Crippen LogP contribution >= 0.6 is 24.2 Å². The predicted molar refractivity (Wildman–Crippen MR) is 104 cm³/mol. The van der Waals surface area contributed by atoms with Crippen LogP contribution in [-0.4, -0.2) is 29.9 Å². The molecule has 136 valence electrons. The van der Waals surface area contributed by atoms with Crippen LogP contribution in [0.15, 0.2) is 53.3 Å². The minimum absolute atomic E-state index is 0.378. The normalized spacial score (nSPS) is 12.3. The summed E-state index contributed by atoms with van der Waals surface area (Å²) in [5, 5.41) is 12.8. The van der Waals surface area contributed by atoms with Crippen LogP contribution in [0, 0.1) is 0 Å². The molecule has 0 fully saturated rings. The van der Waals surface area contributed by atoms with Gasteiger partial charge in [0.1, 0.15) is 5.25 Å². The van der Waals surface area contributed by atoms with E-state index in [1.54, 1.807) is 24.5 Å². The van der Waals surface area contributed by atoms with E-state index >= 15 is 0 Å². The van der Waals surface area contributed by atoms with Crippen molar-refractivity contribution in [1.82, 2.24) is 29.9 Å². The molecule has 1 unspecified atom stereocenters. The largest absolute Gasteiger partial charge is 0.334 e. The van der Waals surface area contributed by atoms with Crippen LogP contribution in [0.4, 0.5) is 0 Å². The summed E-state index contributed by atoms with van der Waals surface area (Å²) in [4.78, 5) is 8.49. The van der Waals surface area contributed by atoms with Crippen LogP contribution in [0.2, 0.25) is 5.02 Å². The molecule has 3 heterocycles. The molecule has 0 saturated carbocycles. The molecule has 4 rings (SSSR count). The first kappa shape index (κ1) is 17.7. The van der Waals surface area contributed by atoms with Crippen molar-refractivity contribution in [3.05, 3.63) is 65.5 Å². The standard InChI is InChI=1S/C18H15ClN6OS/c1-2-25-16(11-6-8-20-9-7-11)22-23-17(25)14(27)15-21-18(26-24-15)12-4-3-5-13(19)10-12/h3-10,14,27H,2H2,1H3. The molecule has 1 aromatic carbocycles. The molecule has 3 aromatic heterocycles. The van der Waals surface area contributed by atoms with Crippen molar-refractivity contribution in [3.8, 4) is 22.8 Å². The van der Waals surface area contributed by atoms with E-state index in [9.17, 15) is 0 Å². The Morgan fingerprint density at radius 3 is 2.70 bits per heavy atom. The van der Waals surface area contributed by atoms with E-state index in [0.717, 1.165) is 17.0 Å².